The van der Waals surface area contributed by atoms with Gasteiger partial charge in [-0.25, -0.2) is 0 Å². The van der Waals surface area contributed by atoms with Crippen molar-refractivity contribution in [2.75, 3.05) is 6.54 Å². The summed E-state index contributed by atoms with van der Waals surface area (Å²) in [6.45, 7) is 0.493. The molecule has 0 bridgehead atoms. The number of alkyl halides is 3. The van der Waals surface area contributed by atoms with E-state index in [-0.39, 0.29) is 23.9 Å². The van der Waals surface area contributed by atoms with Crippen LogP contribution in [0.4, 0.5) is 13.2 Å². The number of hydrogen-bond donors (Lipinski definition) is 1. The summed E-state index contributed by atoms with van der Waals surface area (Å²) in [5, 5.41) is 2.79. The second-order valence-electron chi connectivity index (χ2n) is 5.61. The van der Waals surface area contributed by atoms with E-state index in [0.717, 1.165) is 23.9 Å². The van der Waals surface area contributed by atoms with E-state index in [1.807, 2.05) is 30.3 Å². The maximum Gasteiger partial charge on any atom is 0.416 e. The van der Waals surface area contributed by atoms with E-state index in [1.165, 1.54) is 0 Å². The van der Waals surface area contributed by atoms with Gasteiger partial charge in [0.15, 0.2) is 0 Å². The number of pyridine rings is 1. The lowest BCUT2D eigenvalue weighted by atomic mass is 9.85. The Morgan fingerprint density at radius 1 is 1.17 bits per heavy atom. The van der Waals surface area contributed by atoms with Crippen LogP contribution >= 0.6 is 0 Å². The van der Waals surface area contributed by atoms with Gasteiger partial charge in [-0.1, -0.05) is 30.3 Å². The Labute approximate surface area is 131 Å². The zero-order valence-corrected chi connectivity index (χ0v) is 12.2. The van der Waals surface area contributed by atoms with Gasteiger partial charge in [-0.3, -0.25) is 9.78 Å². The van der Waals surface area contributed by atoms with Gasteiger partial charge in [0, 0.05) is 30.8 Å². The molecule has 0 unspecified atom stereocenters. The lowest BCUT2D eigenvalue weighted by Crippen LogP contribution is -2.22. The first-order chi connectivity index (χ1) is 10.9. The molecule has 1 aromatic carbocycles. The highest BCUT2D eigenvalue weighted by atomic mass is 19.4. The van der Waals surface area contributed by atoms with Crippen LogP contribution in [0, 0.1) is 5.92 Å². The lowest BCUT2D eigenvalue weighted by Gasteiger charge is -2.17. The number of aromatic nitrogens is 1. The second kappa shape index (κ2) is 6.02. The van der Waals surface area contributed by atoms with E-state index in [1.54, 1.807) is 0 Å². The first-order valence-corrected chi connectivity index (χ1v) is 7.30. The molecule has 2 atom stereocenters. The minimum absolute atomic E-state index is 0.0555. The predicted octanol–water partition coefficient (Wildman–Crippen LogP) is 3.17. The quantitative estimate of drug-likeness (QED) is 0.944. The average molecular weight is 320 g/mol. The Morgan fingerprint density at radius 2 is 1.91 bits per heavy atom. The highest BCUT2D eigenvalue weighted by Gasteiger charge is 2.36. The van der Waals surface area contributed by atoms with Gasteiger partial charge in [-0.15, -0.1) is 0 Å². The molecule has 120 valence electrons. The van der Waals surface area contributed by atoms with Crippen LogP contribution in [-0.4, -0.2) is 17.4 Å². The van der Waals surface area contributed by atoms with Crippen LogP contribution in [0.5, 0.6) is 0 Å². The van der Waals surface area contributed by atoms with E-state index in [4.69, 9.17) is 0 Å². The fourth-order valence-electron chi connectivity index (χ4n) is 2.94. The molecule has 1 saturated heterocycles. The third-order valence-electron chi connectivity index (χ3n) is 4.12. The highest BCUT2D eigenvalue weighted by molar-refractivity contribution is 5.82. The maximum absolute atomic E-state index is 12.8. The monoisotopic (exact) mass is 320 g/mol. The number of carbonyl (C=O) groups is 1. The molecule has 0 radical (unpaired) electrons. The largest absolute Gasteiger partial charge is 0.416 e. The summed E-state index contributed by atoms with van der Waals surface area (Å²) in [5.74, 6) is -0.605. The molecule has 1 N–H and O–H groups in total. The standard InChI is InChI=1S/C17H15F3N2O/c18-17(19,20)12-6-7-21-13(8-12)9-14-15(10-22-16(14)23)11-4-2-1-3-5-11/h1-8,14-15H,9-10H2,(H,22,23)/t14-,15-/m0/s1. The van der Waals surface area contributed by atoms with Crippen molar-refractivity contribution in [1.82, 2.24) is 10.3 Å². The average Bonchev–Trinajstić information content (AvgIpc) is 2.89. The van der Waals surface area contributed by atoms with E-state index in [2.05, 4.69) is 10.3 Å². The lowest BCUT2D eigenvalue weighted by molar-refractivity contribution is -0.137. The zero-order chi connectivity index (χ0) is 16.4. The number of rotatable bonds is 3. The predicted molar refractivity (Wildman–Crippen MR) is 78.6 cm³/mol. The molecule has 2 aromatic rings. The molecule has 0 aliphatic carbocycles. The summed E-state index contributed by atoms with van der Waals surface area (Å²) in [5.41, 5.74) is 0.544. The second-order valence-corrected chi connectivity index (χ2v) is 5.61. The van der Waals surface area contributed by atoms with E-state index in [9.17, 15) is 18.0 Å². The van der Waals surface area contributed by atoms with Crippen LogP contribution < -0.4 is 5.32 Å². The first kappa shape index (κ1) is 15.5. The van der Waals surface area contributed by atoms with Gasteiger partial charge >= 0.3 is 6.18 Å². The van der Waals surface area contributed by atoms with E-state index in [0.29, 0.717) is 6.54 Å². The Morgan fingerprint density at radius 3 is 2.61 bits per heavy atom. The molecule has 1 fully saturated rings. The number of amides is 1. The molecule has 0 saturated carbocycles. The van der Waals surface area contributed by atoms with Gasteiger partial charge in [-0.2, -0.15) is 13.2 Å². The first-order valence-electron chi connectivity index (χ1n) is 7.30. The molecule has 6 heteroatoms. The van der Waals surface area contributed by atoms with Crippen LogP contribution in [0.1, 0.15) is 22.7 Å². The Balaban J connectivity index is 1.84. The number of benzene rings is 1. The summed E-state index contributed by atoms with van der Waals surface area (Å²) in [6.07, 6.45) is -3.08. The highest BCUT2D eigenvalue weighted by Crippen LogP contribution is 2.33. The van der Waals surface area contributed by atoms with Crippen molar-refractivity contribution in [3.63, 3.8) is 0 Å². The molecular formula is C17H15F3N2O. The fourth-order valence-corrected chi connectivity index (χ4v) is 2.94. The SMILES string of the molecule is O=C1NC[C@@H](c2ccccc2)[C@@H]1Cc1cc(C(F)(F)F)ccn1. The van der Waals surface area contributed by atoms with Crippen molar-refractivity contribution < 1.29 is 18.0 Å². The molecular weight excluding hydrogens is 305 g/mol. The summed E-state index contributed by atoms with van der Waals surface area (Å²) >= 11 is 0. The van der Waals surface area contributed by atoms with Crippen LogP contribution in [0.2, 0.25) is 0 Å². The van der Waals surface area contributed by atoms with Crippen LogP contribution in [0.3, 0.4) is 0 Å². The van der Waals surface area contributed by atoms with Gasteiger partial charge in [0.25, 0.3) is 0 Å². The fraction of sp³-hybridized carbons (Fsp3) is 0.294. The summed E-state index contributed by atoms with van der Waals surface area (Å²) in [6, 6.07) is 11.5. The summed E-state index contributed by atoms with van der Waals surface area (Å²) in [7, 11) is 0. The molecule has 1 aliphatic rings. The minimum atomic E-state index is -4.41. The molecule has 1 amide bonds. The van der Waals surface area contributed by atoms with Crippen LogP contribution in [-0.2, 0) is 17.4 Å². The van der Waals surface area contributed by atoms with E-state index < -0.39 is 17.7 Å². The third-order valence-corrected chi connectivity index (χ3v) is 4.12. The number of nitrogens with one attached hydrogen (secondary N) is 1. The van der Waals surface area contributed by atoms with Gasteiger partial charge < -0.3 is 5.32 Å². The van der Waals surface area contributed by atoms with E-state index >= 15 is 0 Å². The normalized spacial score (nSPS) is 21.3. The Hall–Kier alpha value is -2.37. The van der Waals surface area contributed by atoms with Crippen LogP contribution in [0.15, 0.2) is 48.7 Å². The Bertz CT molecular complexity index is 700. The van der Waals surface area contributed by atoms with Gasteiger partial charge in [0.1, 0.15) is 0 Å². The van der Waals surface area contributed by atoms with Crippen molar-refractivity contribution >= 4 is 5.91 Å². The molecule has 23 heavy (non-hydrogen) atoms. The van der Waals surface area contributed by atoms with Crippen molar-refractivity contribution in [2.24, 2.45) is 5.92 Å². The van der Waals surface area contributed by atoms with Gasteiger partial charge in [0.2, 0.25) is 5.91 Å². The molecule has 1 aliphatic heterocycles. The number of halogens is 3. The van der Waals surface area contributed by atoms with Crippen molar-refractivity contribution in [2.45, 2.75) is 18.5 Å². The van der Waals surface area contributed by atoms with Crippen LogP contribution in [0.25, 0.3) is 0 Å². The minimum Gasteiger partial charge on any atom is -0.355 e. The Kier molecular flexibility index (Phi) is 4.07. The van der Waals surface area contributed by atoms with Crippen molar-refractivity contribution in [3.05, 3.63) is 65.5 Å². The smallest absolute Gasteiger partial charge is 0.355 e. The molecule has 0 spiro atoms. The molecule has 3 nitrogen and oxygen atoms in total. The molecule has 3 rings (SSSR count). The molecule has 1 aromatic heterocycles. The summed E-state index contributed by atoms with van der Waals surface area (Å²) in [4.78, 5) is 16.1. The molecule has 2 heterocycles. The topological polar surface area (TPSA) is 42.0 Å². The number of nitrogens with zero attached hydrogens (tertiary/aromatic N) is 1. The third kappa shape index (κ3) is 3.36. The van der Waals surface area contributed by atoms with Gasteiger partial charge in [-0.05, 0) is 17.7 Å². The maximum atomic E-state index is 12.8. The zero-order valence-electron chi connectivity index (χ0n) is 12.2. The van der Waals surface area contributed by atoms with Gasteiger partial charge in [0.05, 0.1) is 11.5 Å². The number of carbonyl (C=O) groups excluding carboxylic acids is 1. The van der Waals surface area contributed by atoms with Crippen molar-refractivity contribution in [1.29, 1.82) is 0 Å². The number of hydrogen-bond acceptors (Lipinski definition) is 2. The van der Waals surface area contributed by atoms with Crippen molar-refractivity contribution in [3.8, 4) is 0 Å². The summed E-state index contributed by atoms with van der Waals surface area (Å²) < 4.78 is 38.4.